The number of aromatic nitrogens is 1. The van der Waals surface area contributed by atoms with Crippen LogP contribution in [-0.2, 0) is 11.0 Å². The van der Waals surface area contributed by atoms with Gasteiger partial charge in [0.1, 0.15) is 5.56 Å². The molecular formula is C24H22F3N3O3. The highest BCUT2D eigenvalue weighted by Gasteiger charge is 2.31. The fraction of sp³-hybridized carbons (Fsp3) is 0.292. The Bertz CT molecular complexity index is 1270. The number of amides is 2. The Hall–Kier alpha value is -3.62. The largest absolute Gasteiger partial charge is 0.416 e. The Morgan fingerprint density at radius 2 is 1.82 bits per heavy atom. The molecule has 0 radical (unpaired) electrons. The van der Waals surface area contributed by atoms with Gasteiger partial charge < -0.3 is 10.2 Å². The number of nitrogens with zero attached hydrogens (tertiary/aromatic N) is 2. The first-order chi connectivity index (χ1) is 15.8. The van der Waals surface area contributed by atoms with E-state index in [0.717, 1.165) is 23.1 Å². The molecule has 1 saturated heterocycles. The van der Waals surface area contributed by atoms with E-state index >= 15 is 0 Å². The maximum absolute atomic E-state index is 13.2. The zero-order valence-electron chi connectivity index (χ0n) is 17.7. The summed E-state index contributed by atoms with van der Waals surface area (Å²) in [4.78, 5) is 39.4. The molecule has 4 rings (SSSR count). The minimum atomic E-state index is -4.57. The van der Waals surface area contributed by atoms with E-state index in [1.807, 2.05) is 0 Å². The van der Waals surface area contributed by atoms with Crippen molar-refractivity contribution in [1.29, 1.82) is 0 Å². The summed E-state index contributed by atoms with van der Waals surface area (Å²) in [6.07, 6.45) is -2.66. The smallest absolute Gasteiger partial charge is 0.352 e. The third-order valence-corrected chi connectivity index (χ3v) is 5.65. The van der Waals surface area contributed by atoms with Crippen LogP contribution in [0.25, 0.3) is 16.6 Å². The molecular weight excluding hydrogens is 435 g/mol. The number of fused-ring (bicyclic) bond motifs is 1. The lowest BCUT2D eigenvalue weighted by atomic mass is 10.1. The molecule has 3 aromatic rings. The molecule has 0 saturated carbocycles. The molecule has 2 amide bonds. The van der Waals surface area contributed by atoms with E-state index in [1.54, 1.807) is 29.2 Å². The number of alkyl halides is 3. The van der Waals surface area contributed by atoms with Crippen LogP contribution in [0.5, 0.6) is 0 Å². The average molecular weight is 457 g/mol. The van der Waals surface area contributed by atoms with E-state index in [0.29, 0.717) is 36.8 Å². The summed E-state index contributed by atoms with van der Waals surface area (Å²) in [6.45, 7) is 1.49. The van der Waals surface area contributed by atoms with Gasteiger partial charge >= 0.3 is 6.18 Å². The van der Waals surface area contributed by atoms with Crippen LogP contribution in [-0.4, -0.2) is 40.9 Å². The highest BCUT2D eigenvalue weighted by molar-refractivity contribution is 5.97. The predicted octanol–water partition coefficient (Wildman–Crippen LogP) is 3.75. The van der Waals surface area contributed by atoms with E-state index in [4.69, 9.17) is 0 Å². The number of rotatable bonds is 6. The number of halogens is 3. The fourth-order valence-electron chi connectivity index (χ4n) is 4.01. The maximum atomic E-state index is 13.2. The molecule has 1 fully saturated rings. The van der Waals surface area contributed by atoms with Crippen molar-refractivity contribution in [3.05, 3.63) is 76.1 Å². The first kappa shape index (κ1) is 22.6. The predicted molar refractivity (Wildman–Crippen MR) is 117 cm³/mol. The van der Waals surface area contributed by atoms with Crippen LogP contribution in [0.3, 0.4) is 0 Å². The van der Waals surface area contributed by atoms with Crippen LogP contribution < -0.4 is 10.9 Å². The molecule has 1 aliphatic heterocycles. The Balaban J connectivity index is 1.64. The number of benzene rings is 2. The Morgan fingerprint density at radius 1 is 1.03 bits per heavy atom. The number of carbonyl (C=O) groups excluding carboxylic acids is 2. The third kappa shape index (κ3) is 4.76. The van der Waals surface area contributed by atoms with Crippen molar-refractivity contribution in [2.75, 3.05) is 19.6 Å². The van der Waals surface area contributed by atoms with Gasteiger partial charge in [0.2, 0.25) is 5.91 Å². The van der Waals surface area contributed by atoms with E-state index in [-0.39, 0.29) is 23.7 Å². The maximum Gasteiger partial charge on any atom is 0.416 e. The van der Waals surface area contributed by atoms with Crippen LogP contribution in [0, 0.1) is 0 Å². The van der Waals surface area contributed by atoms with Gasteiger partial charge in [-0.25, -0.2) is 0 Å². The van der Waals surface area contributed by atoms with Gasteiger partial charge in [-0.05, 0) is 48.6 Å². The molecule has 172 valence electrons. The monoisotopic (exact) mass is 457 g/mol. The second kappa shape index (κ2) is 9.09. The van der Waals surface area contributed by atoms with Gasteiger partial charge in [-0.3, -0.25) is 19.0 Å². The second-order valence-corrected chi connectivity index (χ2v) is 7.90. The normalized spacial score (nSPS) is 14.2. The van der Waals surface area contributed by atoms with Crippen LogP contribution in [0.1, 0.15) is 35.2 Å². The number of hydrogen-bond donors (Lipinski definition) is 1. The Kier molecular flexibility index (Phi) is 6.22. The number of pyridine rings is 1. The molecule has 1 N–H and O–H groups in total. The van der Waals surface area contributed by atoms with Crippen LogP contribution in [0.15, 0.2) is 59.4 Å². The first-order valence-electron chi connectivity index (χ1n) is 10.6. The van der Waals surface area contributed by atoms with Gasteiger partial charge in [0, 0.05) is 31.7 Å². The number of carbonyl (C=O) groups is 2. The number of likely N-dealkylation sites (tertiary alicyclic amines) is 1. The summed E-state index contributed by atoms with van der Waals surface area (Å²) < 4.78 is 40.8. The van der Waals surface area contributed by atoms with E-state index in [9.17, 15) is 27.6 Å². The topological polar surface area (TPSA) is 71.4 Å². The molecule has 0 bridgehead atoms. The van der Waals surface area contributed by atoms with Crippen molar-refractivity contribution >= 4 is 22.7 Å². The number of para-hydroxylation sites is 1. The quantitative estimate of drug-likeness (QED) is 0.573. The molecule has 0 spiro atoms. The lowest BCUT2D eigenvalue weighted by molar-refractivity contribution is -0.137. The minimum absolute atomic E-state index is 0.0215. The summed E-state index contributed by atoms with van der Waals surface area (Å²) in [6, 6.07) is 12.6. The second-order valence-electron chi connectivity index (χ2n) is 7.90. The lowest BCUT2D eigenvalue weighted by Gasteiger charge is -2.16. The summed E-state index contributed by atoms with van der Waals surface area (Å²) in [5, 5.41) is 3.23. The SMILES string of the molecule is O=C(NCCCN1CCCC1=O)c1cc2ccccc2n(-c2cccc(C(F)(F)F)c2)c1=O. The van der Waals surface area contributed by atoms with Crippen molar-refractivity contribution < 1.29 is 22.8 Å². The Labute approximate surface area is 187 Å². The minimum Gasteiger partial charge on any atom is -0.352 e. The molecule has 0 unspecified atom stereocenters. The molecule has 0 aliphatic carbocycles. The summed E-state index contributed by atoms with van der Waals surface area (Å²) in [5.74, 6) is -0.515. The molecule has 0 atom stereocenters. The third-order valence-electron chi connectivity index (χ3n) is 5.65. The van der Waals surface area contributed by atoms with Gasteiger partial charge in [0.25, 0.3) is 11.5 Å². The zero-order valence-corrected chi connectivity index (χ0v) is 17.7. The molecule has 2 heterocycles. The first-order valence-corrected chi connectivity index (χ1v) is 10.6. The highest BCUT2D eigenvalue weighted by atomic mass is 19.4. The summed E-state index contributed by atoms with van der Waals surface area (Å²) in [5.41, 5.74) is -1.34. The van der Waals surface area contributed by atoms with Crippen molar-refractivity contribution in [2.45, 2.75) is 25.4 Å². The van der Waals surface area contributed by atoms with Gasteiger partial charge in [0.15, 0.2) is 0 Å². The van der Waals surface area contributed by atoms with Gasteiger partial charge in [-0.1, -0.05) is 24.3 Å². The van der Waals surface area contributed by atoms with Crippen molar-refractivity contribution in [3.8, 4) is 5.69 Å². The van der Waals surface area contributed by atoms with Crippen molar-refractivity contribution in [3.63, 3.8) is 0 Å². The summed E-state index contributed by atoms with van der Waals surface area (Å²) >= 11 is 0. The molecule has 9 heteroatoms. The molecule has 1 aromatic heterocycles. The van der Waals surface area contributed by atoms with E-state index in [1.165, 1.54) is 18.2 Å². The van der Waals surface area contributed by atoms with Crippen LogP contribution >= 0.6 is 0 Å². The Morgan fingerprint density at radius 3 is 2.55 bits per heavy atom. The van der Waals surface area contributed by atoms with Crippen molar-refractivity contribution in [1.82, 2.24) is 14.8 Å². The van der Waals surface area contributed by atoms with Gasteiger partial charge in [-0.2, -0.15) is 13.2 Å². The number of hydrogen-bond acceptors (Lipinski definition) is 3. The summed E-state index contributed by atoms with van der Waals surface area (Å²) in [7, 11) is 0. The van der Waals surface area contributed by atoms with Crippen LogP contribution in [0.4, 0.5) is 13.2 Å². The number of nitrogens with one attached hydrogen (secondary N) is 1. The van der Waals surface area contributed by atoms with E-state index in [2.05, 4.69) is 5.32 Å². The molecule has 33 heavy (non-hydrogen) atoms. The van der Waals surface area contributed by atoms with Gasteiger partial charge in [0.05, 0.1) is 11.1 Å². The van der Waals surface area contributed by atoms with Crippen LogP contribution in [0.2, 0.25) is 0 Å². The molecule has 2 aromatic carbocycles. The average Bonchev–Trinajstić information content (AvgIpc) is 3.20. The highest BCUT2D eigenvalue weighted by Crippen LogP contribution is 2.30. The molecule has 1 aliphatic rings. The lowest BCUT2D eigenvalue weighted by Crippen LogP contribution is -2.34. The fourth-order valence-corrected chi connectivity index (χ4v) is 4.01. The molecule has 6 nitrogen and oxygen atoms in total. The standard InChI is InChI=1S/C24H22F3N3O3/c25-24(26,27)17-7-3-8-18(15-17)30-20-9-2-1-6-16(20)14-19(23(30)33)22(32)28-11-5-13-29-12-4-10-21(29)31/h1-3,6-9,14-15H,4-5,10-13H2,(H,28,32). The van der Waals surface area contributed by atoms with Crippen molar-refractivity contribution in [2.24, 2.45) is 0 Å². The van der Waals surface area contributed by atoms with Gasteiger partial charge in [-0.15, -0.1) is 0 Å². The van der Waals surface area contributed by atoms with E-state index < -0.39 is 23.2 Å². The zero-order chi connectivity index (χ0) is 23.6.